The van der Waals surface area contributed by atoms with Crippen LogP contribution in [0.2, 0.25) is 0 Å². The fourth-order valence-corrected chi connectivity index (χ4v) is 7.59. The normalized spacial score (nSPS) is 20.4. The van der Waals surface area contributed by atoms with Crippen LogP contribution in [0.4, 0.5) is 0 Å². The van der Waals surface area contributed by atoms with E-state index >= 15 is 0 Å². The van der Waals surface area contributed by atoms with Crippen LogP contribution in [-0.4, -0.2) is 96.0 Å². The Morgan fingerprint density at radius 3 is 1.49 bits per heavy atom. The predicted octanol–water partition coefficient (Wildman–Crippen LogP) is 9.95. The van der Waals surface area contributed by atoms with Crippen LogP contribution in [0.5, 0.6) is 0 Å². The molecule has 1 aliphatic rings. The maximum absolute atomic E-state index is 12.8. The molecule has 6 unspecified atom stereocenters. The van der Waals surface area contributed by atoms with Crippen molar-refractivity contribution < 1.29 is 56.8 Å². The van der Waals surface area contributed by atoms with Crippen LogP contribution in [0, 0.1) is 0 Å². The molecule has 0 aromatic rings. The second-order valence-electron chi connectivity index (χ2n) is 16.4. The molecule has 0 aliphatic carbocycles. The minimum Gasteiger partial charge on any atom is -0.462 e. The molecule has 1 rings (SSSR count). The van der Waals surface area contributed by atoms with Crippen LogP contribution in [0.1, 0.15) is 187 Å². The Kier molecular flexibility index (Phi) is 35.4. The van der Waals surface area contributed by atoms with Gasteiger partial charge in [-0.2, -0.15) is 8.42 Å². The minimum absolute atomic E-state index is 0.155. The van der Waals surface area contributed by atoms with Gasteiger partial charge in [0.15, 0.2) is 12.4 Å². The number of aliphatic hydroxyl groups is 3. The Bertz CT molecular complexity index is 1310. The van der Waals surface area contributed by atoms with Crippen molar-refractivity contribution in [3.05, 3.63) is 48.6 Å². The molecule has 0 bridgehead atoms. The summed E-state index contributed by atoms with van der Waals surface area (Å²) in [6.07, 6.45) is 35.7. The van der Waals surface area contributed by atoms with E-state index in [9.17, 15) is 37.9 Å². The van der Waals surface area contributed by atoms with Gasteiger partial charge in [-0.3, -0.25) is 14.1 Å². The van der Waals surface area contributed by atoms with E-state index in [1.165, 1.54) is 64.2 Å². The van der Waals surface area contributed by atoms with Gasteiger partial charge in [0.2, 0.25) is 0 Å². The lowest BCUT2D eigenvalue weighted by Crippen LogP contribution is -2.60. The van der Waals surface area contributed by atoms with Crippen LogP contribution in [0.15, 0.2) is 48.6 Å². The number of allylic oxidation sites excluding steroid dienone is 8. The van der Waals surface area contributed by atoms with Crippen LogP contribution in [0.3, 0.4) is 0 Å². The summed E-state index contributed by atoms with van der Waals surface area (Å²) in [6.45, 7) is 3.68. The van der Waals surface area contributed by atoms with Crippen molar-refractivity contribution in [3.8, 4) is 0 Å². The summed E-state index contributed by atoms with van der Waals surface area (Å²) in [4.78, 5) is 25.4. The molecule has 61 heavy (non-hydrogen) atoms. The highest BCUT2D eigenvalue weighted by atomic mass is 32.2. The third-order valence-electron chi connectivity index (χ3n) is 10.6. The highest BCUT2D eigenvalue weighted by Gasteiger charge is 2.46. The van der Waals surface area contributed by atoms with Crippen LogP contribution in [-0.2, 0) is 38.7 Å². The zero-order valence-electron chi connectivity index (χ0n) is 37.8. The van der Waals surface area contributed by atoms with E-state index in [1.807, 2.05) is 0 Å². The van der Waals surface area contributed by atoms with Gasteiger partial charge < -0.3 is 34.3 Å². The lowest BCUT2D eigenvalue weighted by molar-refractivity contribution is -0.297. The summed E-state index contributed by atoms with van der Waals surface area (Å²) in [5.41, 5.74) is 0. The summed E-state index contributed by atoms with van der Waals surface area (Å²) in [5.74, 6) is -2.01. The van der Waals surface area contributed by atoms with E-state index in [0.717, 1.165) is 83.5 Å². The molecule has 6 atom stereocenters. The zero-order chi connectivity index (χ0) is 44.8. The van der Waals surface area contributed by atoms with Gasteiger partial charge in [-0.05, 0) is 70.6 Å². The van der Waals surface area contributed by atoms with E-state index in [-0.39, 0.29) is 19.4 Å². The molecule has 0 aromatic heterocycles. The molecule has 13 heteroatoms. The van der Waals surface area contributed by atoms with Crippen molar-refractivity contribution in [1.29, 1.82) is 0 Å². The van der Waals surface area contributed by atoms with E-state index < -0.39 is 71.2 Å². The van der Waals surface area contributed by atoms with Crippen molar-refractivity contribution in [2.45, 2.75) is 224 Å². The predicted molar refractivity (Wildman–Crippen MR) is 242 cm³/mol. The Labute approximate surface area is 369 Å². The van der Waals surface area contributed by atoms with Crippen molar-refractivity contribution in [3.63, 3.8) is 0 Å². The molecule has 1 heterocycles. The quantitative estimate of drug-likeness (QED) is 0.0198. The molecule has 12 nitrogen and oxygen atoms in total. The average Bonchev–Trinajstić information content (AvgIpc) is 3.22. The molecule has 1 fully saturated rings. The molecule has 0 aromatic carbocycles. The summed E-state index contributed by atoms with van der Waals surface area (Å²) >= 11 is 0. The highest BCUT2D eigenvalue weighted by molar-refractivity contribution is 7.85. The lowest BCUT2D eigenvalue weighted by Gasteiger charge is -2.40. The molecule has 0 amide bonds. The SMILES string of the molecule is CCCC/C=C\C/C=C\CCCCCCCC(=O)OCC(COC1OC(CS(=O)(=O)O)C(O)C(O)C1O)OC(=O)CCCCCCCCCCC/C=C\C/C=C\CCCCC. The Hall–Kier alpha value is -2.39. The number of carbonyl (C=O) groups excluding carboxylic acids is 2. The molecule has 0 saturated carbocycles. The van der Waals surface area contributed by atoms with Crippen molar-refractivity contribution in [1.82, 2.24) is 0 Å². The van der Waals surface area contributed by atoms with Gasteiger partial charge in [0.05, 0.1) is 6.61 Å². The smallest absolute Gasteiger partial charge is 0.306 e. The van der Waals surface area contributed by atoms with Gasteiger partial charge in [0.1, 0.15) is 36.8 Å². The molecular formula is C48H84O12S. The number of aliphatic hydroxyl groups excluding tert-OH is 3. The van der Waals surface area contributed by atoms with Gasteiger partial charge in [0, 0.05) is 12.8 Å². The molecule has 1 saturated heterocycles. The first-order valence-electron chi connectivity index (χ1n) is 23.7. The lowest BCUT2D eigenvalue weighted by atomic mass is 10.00. The second kappa shape index (κ2) is 38.1. The van der Waals surface area contributed by atoms with E-state index in [0.29, 0.717) is 12.8 Å². The zero-order valence-corrected chi connectivity index (χ0v) is 38.6. The molecule has 0 radical (unpaired) electrons. The number of carbonyl (C=O) groups is 2. The van der Waals surface area contributed by atoms with Gasteiger partial charge in [-0.1, -0.05) is 152 Å². The van der Waals surface area contributed by atoms with Crippen LogP contribution >= 0.6 is 0 Å². The first-order chi connectivity index (χ1) is 29.5. The molecule has 0 spiro atoms. The van der Waals surface area contributed by atoms with Gasteiger partial charge in [-0.25, -0.2) is 0 Å². The Balaban J connectivity index is 2.43. The first kappa shape index (κ1) is 56.6. The van der Waals surface area contributed by atoms with Crippen molar-refractivity contribution >= 4 is 22.1 Å². The number of rotatable bonds is 39. The topological polar surface area (TPSA) is 186 Å². The van der Waals surface area contributed by atoms with E-state index in [1.54, 1.807) is 0 Å². The summed E-state index contributed by atoms with van der Waals surface area (Å²) in [6, 6.07) is 0. The maximum atomic E-state index is 12.8. The van der Waals surface area contributed by atoms with Crippen LogP contribution < -0.4 is 0 Å². The first-order valence-corrected chi connectivity index (χ1v) is 25.3. The summed E-state index contributed by atoms with van der Waals surface area (Å²) in [5, 5.41) is 30.9. The molecule has 1 aliphatic heterocycles. The summed E-state index contributed by atoms with van der Waals surface area (Å²) < 4.78 is 54.1. The highest BCUT2D eigenvalue weighted by Crippen LogP contribution is 2.24. The number of esters is 2. The minimum atomic E-state index is -4.61. The number of ether oxygens (including phenoxy) is 4. The van der Waals surface area contributed by atoms with Crippen molar-refractivity contribution in [2.75, 3.05) is 19.0 Å². The Morgan fingerprint density at radius 1 is 0.557 bits per heavy atom. The standard InChI is InChI=1S/C48H84O12S/c1-3-5-7-9-11-13-15-17-19-20-21-22-23-25-27-29-31-33-35-37-44(50)59-41(39-58-48-47(53)46(52)45(51)42(60-48)40-61(54,55)56)38-57-43(49)36-34-32-30-28-26-24-18-16-14-12-10-8-6-4-2/h10-13,16-19,41-42,45-48,51-53H,3-9,14-15,20-40H2,1-2H3,(H,54,55,56)/b12-10-,13-11-,18-16-,19-17-. The molecular weight excluding hydrogens is 801 g/mol. The Morgan fingerprint density at radius 2 is 1.00 bits per heavy atom. The number of hydrogen-bond acceptors (Lipinski definition) is 11. The van der Waals surface area contributed by atoms with E-state index in [2.05, 4.69) is 62.5 Å². The second-order valence-corrected chi connectivity index (χ2v) is 17.9. The van der Waals surface area contributed by atoms with Crippen LogP contribution in [0.25, 0.3) is 0 Å². The number of unbranched alkanes of at least 4 members (excludes halogenated alkanes) is 19. The fourth-order valence-electron chi connectivity index (χ4n) is 6.90. The van der Waals surface area contributed by atoms with Gasteiger partial charge >= 0.3 is 11.9 Å². The third kappa shape index (κ3) is 32.9. The fraction of sp³-hybridized carbons (Fsp3) is 0.792. The molecule has 4 N–H and O–H groups in total. The maximum Gasteiger partial charge on any atom is 0.306 e. The number of hydrogen-bond donors (Lipinski definition) is 4. The van der Waals surface area contributed by atoms with Gasteiger partial charge in [0.25, 0.3) is 10.1 Å². The van der Waals surface area contributed by atoms with Crippen molar-refractivity contribution in [2.24, 2.45) is 0 Å². The molecule has 354 valence electrons. The van der Waals surface area contributed by atoms with E-state index in [4.69, 9.17) is 18.9 Å². The third-order valence-corrected chi connectivity index (χ3v) is 11.4. The van der Waals surface area contributed by atoms with Gasteiger partial charge in [-0.15, -0.1) is 0 Å². The average molecular weight is 885 g/mol. The summed E-state index contributed by atoms with van der Waals surface area (Å²) in [7, 11) is -4.61. The largest absolute Gasteiger partial charge is 0.462 e. The monoisotopic (exact) mass is 885 g/mol.